The summed E-state index contributed by atoms with van der Waals surface area (Å²) in [5.41, 5.74) is 10.3. The summed E-state index contributed by atoms with van der Waals surface area (Å²) in [4.78, 5) is 37.1. The van der Waals surface area contributed by atoms with Crippen LogP contribution in [0.5, 0.6) is 0 Å². The number of amides is 2. The fourth-order valence-corrected chi connectivity index (χ4v) is 5.42. The monoisotopic (exact) mass is 569 g/mol. The van der Waals surface area contributed by atoms with Gasteiger partial charge in [0.1, 0.15) is 0 Å². The summed E-state index contributed by atoms with van der Waals surface area (Å²) in [5, 5.41) is 3.54. The van der Waals surface area contributed by atoms with E-state index in [2.05, 4.69) is 31.2 Å². The summed E-state index contributed by atoms with van der Waals surface area (Å²) in [6.07, 6.45) is 7.61. The molecule has 2 unspecified atom stereocenters. The SMILES string of the molecule is CN=C1C(=CN)NC(=O)C(C)CCCC(N2CCC(c3cc(Cl)ccc3Br)=CC2=O)c2cc1ccn2. The van der Waals surface area contributed by atoms with E-state index in [0.717, 1.165) is 33.3 Å². The predicted octanol–water partition coefficient (Wildman–Crippen LogP) is 5.01. The highest BCUT2D eigenvalue weighted by Gasteiger charge is 2.30. The van der Waals surface area contributed by atoms with Crippen molar-refractivity contribution in [1.82, 2.24) is 15.2 Å². The number of fused-ring (bicyclic) bond motifs is 2. The Morgan fingerprint density at radius 2 is 2.06 bits per heavy atom. The molecule has 0 radical (unpaired) electrons. The van der Waals surface area contributed by atoms with Crippen LogP contribution < -0.4 is 11.1 Å². The zero-order valence-corrected chi connectivity index (χ0v) is 22.6. The molecule has 0 saturated heterocycles. The van der Waals surface area contributed by atoms with Crippen LogP contribution in [-0.4, -0.2) is 41.0 Å². The number of allylic oxidation sites excluding steroid dienone is 1. The van der Waals surface area contributed by atoms with Gasteiger partial charge in [0.25, 0.3) is 0 Å². The zero-order valence-electron chi connectivity index (χ0n) is 20.3. The Morgan fingerprint density at radius 3 is 2.78 bits per heavy atom. The van der Waals surface area contributed by atoms with Crippen molar-refractivity contribution >= 4 is 50.6 Å². The third-order valence-electron chi connectivity index (χ3n) is 6.71. The minimum Gasteiger partial charge on any atom is -0.403 e. The van der Waals surface area contributed by atoms with Crippen LogP contribution >= 0.6 is 27.5 Å². The molecule has 9 heteroatoms. The number of pyridine rings is 1. The molecule has 1 aromatic heterocycles. The number of nitrogens with zero attached hydrogens (tertiary/aromatic N) is 3. The molecule has 0 spiro atoms. The Kier molecular flexibility index (Phi) is 8.26. The molecule has 0 saturated carbocycles. The van der Waals surface area contributed by atoms with Crippen LogP contribution in [-0.2, 0) is 9.59 Å². The molecule has 2 aliphatic rings. The fourth-order valence-electron chi connectivity index (χ4n) is 4.75. The van der Waals surface area contributed by atoms with Gasteiger partial charge in [-0.1, -0.05) is 40.9 Å². The first-order chi connectivity index (χ1) is 17.3. The fraction of sp³-hybridized carbons (Fsp3) is 0.333. The average Bonchev–Trinajstić information content (AvgIpc) is 2.87. The number of hydrogen-bond donors (Lipinski definition) is 2. The highest BCUT2D eigenvalue weighted by Crippen LogP contribution is 2.35. The second-order valence-electron chi connectivity index (χ2n) is 9.03. The second-order valence-corrected chi connectivity index (χ2v) is 10.3. The van der Waals surface area contributed by atoms with Gasteiger partial charge in [0.15, 0.2) is 0 Å². The van der Waals surface area contributed by atoms with Crippen LogP contribution in [0, 0.1) is 5.92 Å². The van der Waals surface area contributed by atoms with E-state index < -0.39 is 0 Å². The Bertz CT molecular complexity index is 1270. The van der Waals surface area contributed by atoms with Gasteiger partial charge < -0.3 is 16.0 Å². The van der Waals surface area contributed by atoms with Crippen molar-refractivity contribution < 1.29 is 9.59 Å². The standard InChI is InChI=1S/C27H29BrClN5O2/c1-16-4-3-5-24(22-12-18(8-10-32-22)26(31-2)23(15-30)33-27(16)36)34-11-9-17(13-25(34)35)20-14-19(29)6-7-21(20)28/h6-8,10,12-16,24H,3-5,9,11,30H2,1-2H3,(H,33,36). The van der Waals surface area contributed by atoms with E-state index in [-0.39, 0.29) is 23.8 Å². The van der Waals surface area contributed by atoms with Crippen LogP contribution in [0.3, 0.4) is 0 Å². The first-order valence-electron chi connectivity index (χ1n) is 11.9. The first-order valence-corrected chi connectivity index (χ1v) is 13.1. The van der Waals surface area contributed by atoms with E-state index in [1.54, 1.807) is 19.3 Å². The number of carbonyl (C=O) groups excluding carboxylic acids is 2. The van der Waals surface area contributed by atoms with Gasteiger partial charge in [-0.05, 0) is 60.7 Å². The largest absolute Gasteiger partial charge is 0.403 e. The molecule has 2 aromatic rings. The summed E-state index contributed by atoms with van der Waals surface area (Å²) in [7, 11) is 1.66. The number of aromatic nitrogens is 1. The summed E-state index contributed by atoms with van der Waals surface area (Å²) >= 11 is 9.79. The molecule has 0 fully saturated rings. The lowest BCUT2D eigenvalue weighted by molar-refractivity contribution is -0.129. The van der Waals surface area contributed by atoms with Crippen molar-refractivity contribution in [2.24, 2.45) is 16.6 Å². The van der Waals surface area contributed by atoms with Gasteiger partial charge in [0, 0.05) is 53.0 Å². The van der Waals surface area contributed by atoms with Crippen LogP contribution in [0.15, 0.2) is 64.0 Å². The lowest BCUT2D eigenvalue weighted by Gasteiger charge is -2.34. The number of halogens is 2. The third kappa shape index (κ3) is 5.55. The van der Waals surface area contributed by atoms with Crippen LogP contribution in [0.4, 0.5) is 0 Å². The second kappa shape index (κ2) is 11.4. The predicted molar refractivity (Wildman–Crippen MR) is 146 cm³/mol. The topological polar surface area (TPSA) is 101 Å². The van der Waals surface area contributed by atoms with Gasteiger partial charge >= 0.3 is 0 Å². The quantitative estimate of drug-likeness (QED) is 0.530. The molecular weight excluding hydrogens is 542 g/mol. The van der Waals surface area contributed by atoms with Crippen molar-refractivity contribution in [3.05, 3.63) is 80.8 Å². The van der Waals surface area contributed by atoms with Gasteiger partial charge in [0.2, 0.25) is 11.8 Å². The van der Waals surface area contributed by atoms with E-state index >= 15 is 0 Å². The number of benzene rings is 1. The number of rotatable bonds is 2. The van der Waals surface area contributed by atoms with E-state index in [1.165, 1.54) is 6.20 Å². The average molecular weight is 571 g/mol. The lowest BCUT2D eigenvalue weighted by Crippen LogP contribution is -2.38. The first kappa shape index (κ1) is 26.1. The van der Waals surface area contributed by atoms with Gasteiger partial charge in [-0.2, -0.15) is 0 Å². The number of nitrogens with two attached hydrogens (primary N) is 1. The van der Waals surface area contributed by atoms with Crippen molar-refractivity contribution in [2.75, 3.05) is 13.6 Å². The smallest absolute Gasteiger partial charge is 0.247 e. The number of nitrogens with one attached hydrogen (secondary N) is 1. The maximum atomic E-state index is 13.4. The molecule has 3 heterocycles. The molecule has 188 valence electrons. The summed E-state index contributed by atoms with van der Waals surface area (Å²) < 4.78 is 0.905. The molecule has 3 N–H and O–H groups in total. The molecule has 4 rings (SSSR count). The van der Waals surface area contributed by atoms with E-state index in [1.807, 2.05) is 42.2 Å². The van der Waals surface area contributed by atoms with Gasteiger partial charge in [-0.3, -0.25) is 19.6 Å². The van der Waals surface area contributed by atoms with Gasteiger partial charge in [0.05, 0.1) is 23.1 Å². The Morgan fingerprint density at radius 1 is 1.25 bits per heavy atom. The minimum absolute atomic E-state index is 0.0647. The molecule has 2 bridgehead atoms. The maximum absolute atomic E-state index is 13.4. The van der Waals surface area contributed by atoms with Gasteiger partial charge in [-0.25, -0.2) is 0 Å². The van der Waals surface area contributed by atoms with Crippen molar-refractivity contribution in [2.45, 2.75) is 38.6 Å². The molecule has 36 heavy (non-hydrogen) atoms. The van der Waals surface area contributed by atoms with E-state index in [9.17, 15) is 9.59 Å². The molecule has 2 atom stereocenters. The number of carbonyl (C=O) groups is 2. The normalized spacial score (nSPS) is 23.7. The van der Waals surface area contributed by atoms with Gasteiger partial charge in [-0.15, -0.1) is 0 Å². The third-order valence-corrected chi connectivity index (χ3v) is 7.64. The van der Waals surface area contributed by atoms with Crippen LogP contribution in [0.25, 0.3) is 5.57 Å². The molecule has 0 aliphatic carbocycles. The van der Waals surface area contributed by atoms with Crippen LogP contribution in [0.1, 0.15) is 55.5 Å². The summed E-state index contributed by atoms with van der Waals surface area (Å²) in [6, 6.07) is 9.13. The Labute approximate surface area is 224 Å². The lowest BCUT2D eigenvalue weighted by atomic mass is 9.93. The number of aliphatic imine (C=N–C) groups is 1. The zero-order chi connectivity index (χ0) is 25.8. The molecule has 1 aromatic carbocycles. The van der Waals surface area contributed by atoms with Crippen molar-refractivity contribution in [3.8, 4) is 0 Å². The van der Waals surface area contributed by atoms with Crippen LogP contribution in [0.2, 0.25) is 5.02 Å². The Balaban J connectivity index is 1.71. The van der Waals surface area contributed by atoms with Crippen molar-refractivity contribution in [3.63, 3.8) is 0 Å². The highest BCUT2D eigenvalue weighted by atomic mass is 79.9. The molecule has 2 aliphatic heterocycles. The molecule has 2 amide bonds. The molecule has 7 nitrogen and oxygen atoms in total. The number of hydrogen-bond acceptors (Lipinski definition) is 5. The maximum Gasteiger partial charge on any atom is 0.247 e. The summed E-state index contributed by atoms with van der Waals surface area (Å²) in [6.45, 7) is 2.45. The highest BCUT2D eigenvalue weighted by molar-refractivity contribution is 9.10. The molecular formula is C27H29BrClN5O2. The summed E-state index contributed by atoms with van der Waals surface area (Å²) in [5.74, 6) is -0.383. The Hall–Kier alpha value is -2.97. The van der Waals surface area contributed by atoms with E-state index in [4.69, 9.17) is 17.3 Å². The minimum atomic E-state index is -0.226. The van der Waals surface area contributed by atoms with Crippen molar-refractivity contribution in [1.29, 1.82) is 0 Å². The van der Waals surface area contributed by atoms with E-state index in [0.29, 0.717) is 42.2 Å².